The molecule has 1 aliphatic rings. The van der Waals surface area contributed by atoms with Crippen LogP contribution in [0.1, 0.15) is 95.9 Å². The summed E-state index contributed by atoms with van der Waals surface area (Å²) >= 11 is 0. The lowest BCUT2D eigenvalue weighted by molar-refractivity contribution is -0.147. The Kier molecular flexibility index (Phi) is 9.95. The smallest absolute Gasteiger partial charge is 0.408 e. The van der Waals surface area contributed by atoms with Crippen LogP contribution in [0.4, 0.5) is 4.79 Å². The van der Waals surface area contributed by atoms with Gasteiger partial charge in [-0.25, -0.2) is 4.79 Å². The highest BCUT2D eigenvalue weighted by atomic mass is 16.6. The van der Waals surface area contributed by atoms with Crippen LogP contribution in [-0.2, 0) is 14.3 Å². The van der Waals surface area contributed by atoms with Gasteiger partial charge in [0.1, 0.15) is 17.7 Å². The number of alkyl carbamates (subject to hydrolysis) is 1. The third kappa shape index (κ3) is 8.03. The molecular weight excluding hydrogens is 430 g/mol. The minimum Gasteiger partial charge on any atom is -0.444 e. The number of hydrogen-bond acceptors (Lipinski definition) is 4. The van der Waals surface area contributed by atoms with Gasteiger partial charge in [-0.1, -0.05) is 49.1 Å². The highest BCUT2D eigenvalue weighted by molar-refractivity contribution is 5.92. The normalized spacial score (nSPS) is 15.6. The summed E-state index contributed by atoms with van der Waals surface area (Å²) in [5, 5.41) is 5.72. The highest BCUT2D eigenvalue weighted by Crippen LogP contribution is 2.34. The van der Waals surface area contributed by atoms with Crippen LogP contribution in [-0.4, -0.2) is 47.0 Å². The monoisotopic (exact) mass is 473 g/mol. The summed E-state index contributed by atoms with van der Waals surface area (Å²) < 4.78 is 5.34. The minimum absolute atomic E-state index is 0.0393. The van der Waals surface area contributed by atoms with E-state index >= 15 is 0 Å². The van der Waals surface area contributed by atoms with E-state index in [2.05, 4.69) is 23.6 Å². The number of hydrogen-bond donors (Lipinski definition) is 2. The van der Waals surface area contributed by atoms with Crippen LogP contribution in [0.5, 0.6) is 0 Å². The third-order valence-electron chi connectivity index (χ3n) is 5.99. The number of carbonyl (C=O) groups excluding carboxylic acids is 3. The molecule has 2 unspecified atom stereocenters. The molecule has 7 heteroatoms. The molecule has 0 radical (unpaired) electrons. The molecule has 190 valence electrons. The summed E-state index contributed by atoms with van der Waals surface area (Å²) in [6.07, 6.45) is 5.06. The van der Waals surface area contributed by atoms with E-state index in [1.807, 2.05) is 26.0 Å². The molecule has 0 spiro atoms. The lowest BCUT2D eigenvalue weighted by Gasteiger charge is -2.43. The maximum atomic E-state index is 13.7. The van der Waals surface area contributed by atoms with Gasteiger partial charge in [-0.15, -0.1) is 0 Å². The van der Waals surface area contributed by atoms with Crippen LogP contribution >= 0.6 is 0 Å². The van der Waals surface area contributed by atoms with Gasteiger partial charge in [0, 0.05) is 12.6 Å². The van der Waals surface area contributed by atoms with Crippen molar-refractivity contribution in [2.75, 3.05) is 6.54 Å². The Hall–Kier alpha value is -2.57. The van der Waals surface area contributed by atoms with Gasteiger partial charge in [0.05, 0.1) is 0 Å². The molecule has 3 amide bonds. The molecular formula is C27H43N3O4. The molecule has 1 aliphatic carbocycles. The Morgan fingerprint density at radius 2 is 1.71 bits per heavy atom. The van der Waals surface area contributed by atoms with Crippen molar-refractivity contribution in [3.63, 3.8) is 0 Å². The van der Waals surface area contributed by atoms with Gasteiger partial charge in [-0.2, -0.15) is 0 Å². The SMILES string of the molecule is CCCCCNC(=O)C(c1cc(C)cc(C)c1)N(C(=O)C(C)NC(=O)OC(C)(C)C)C1CCC1. The molecule has 0 bridgehead atoms. The fraction of sp³-hybridized carbons (Fsp3) is 0.667. The van der Waals surface area contributed by atoms with E-state index in [0.717, 1.165) is 55.2 Å². The summed E-state index contributed by atoms with van der Waals surface area (Å²) in [5.74, 6) is -0.450. The van der Waals surface area contributed by atoms with Crippen molar-refractivity contribution >= 4 is 17.9 Å². The van der Waals surface area contributed by atoms with Crippen molar-refractivity contribution in [3.8, 4) is 0 Å². The Balaban J connectivity index is 2.35. The topological polar surface area (TPSA) is 87.7 Å². The predicted octanol–water partition coefficient (Wildman–Crippen LogP) is 4.95. The summed E-state index contributed by atoms with van der Waals surface area (Å²) in [6.45, 7) is 13.7. The number of ether oxygens (including phenoxy) is 1. The van der Waals surface area contributed by atoms with Crippen LogP contribution in [0.3, 0.4) is 0 Å². The lowest BCUT2D eigenvalue weighted by Crippen LogP contribution is -2.56. The van der Waals surface area contributed by atoms with Crippen molar-refractivity contribution in [2.24, 2.45) is 0 Å². The van der Waals surface area contributed by atoms with Crippen molar-refractivity contribution < 1.29 is 19.1 Å². The highest BCUT2D eigenvalue weighted by Gasteiger charge is 2.41. The van der Waals surface area contributed by atoms with Gasteiger partial charge < -0.3 is 20.3 Å². The average Bonchev–Trinajstić information content (AvgIpc) is 2.66. The van der Waals surface area contributed by atoms with Crippen molar-refractivity contribution in [2.45, 2.75) is 111 Å². The molecule has 34 heavy (non-hydrogen) atoms. The number of unbranched alkanes of at least 4 members (excludes halogenated alkanes) is 2. The molecule has 0 heterocycles. The number of amides is 3. The maximum absolute atomic E-state index is 13.7. The van der Waals surface area contributed by atoms with Crippen LogP contribution in [0, 0.1) is 13.8 Å². The van der Waals surface area contributed by atoms with Gasteiger partial charge in [0.2, 0.25) is 11.8 Å². The summed E-state index contributed by atoms with van der Waals surface area (Å²) in [5.41, 5.74) is 2.22. The Morgan fingerprint density at radius 1 is 1.09 bits per heavy atom. The standard InChI is InChI=1S/C27H43N3O4/c1-8-9-10-14-28-24(31)23(21-16-18(2)15-19(3)17-21)30(22-12-11-13-22)25(32)20(4)29-26(33)34-27(5,6)7/h15-17,20,22-23H,8-14H2,1-7H3,(H,28,31)(H,29,33). The molecule has 1 aromatic rings. The number of aryl methyl sites for hydroxylation is 2. The van der Waals surface area contributed by atoms with Crippen LogP contribution < -0.4 is 10.6 Å². The Bertz CT molecular complexity index is 838. The van der Waals surface area contributed by atoms with Gasteiger partial charge in [0.15, 0.2) is 0 Å². The molecule has 0 saturated heterocycles. The van der Waals surface area contributed by atoms with Gasteiger partial charge in [-0.05, 0) is 72.8 Å². The van der Waals surface area contributed by atoms with Crippen molar-refractivity contribution in [1.82, 2.24) is 15.5 Å². The molecule has 1 saturated carbocycles. The molecule has 1 fully saturated rings. The van der Waals surface area contributed by atoms with Gasteiger partial charge in [0.25, 0.3) is 0 Å². The molecule has 2 N–H and O–H groups in total. The minimum atomic E-state index is -0.822. The van der Waals surface area contributed by atoms with Gasteiger partial charge in [-0.3, -0.25) is 9.59 Å². The van der Waals surface area contributed by atoms with Crippen LogP contribution in [0.25, 0.3) is 0 Å². The second kappa shape index (κ2) is 12.2. The molecule has 2 rings (SSSR count). The molecule has 0 aromatic heterocycles. The van der Waals surface area contributed by atoms with Gasteiger partial charge >= 0.3 is 6.09 Å². The van der Waals surface area contributed by atoms with E-state index < -0.39 is 23.8 Å². The fourth-order valence-corrected chi connectivity index (χ4v) is 4.24. The van der Waals surface area contributed by atoms with Crippen LogP contribution in [0.2, 0.25) is 0 Å². The third-order valence-corrected chi connectivity index (χ3v) is 5.99. The first-order valence-corrected chi connectivity index (χ1v) is 12.6. The summed E-state index contributed by atoms with van der Waals surface area (Å²) in [6, 6.07) is 4.41. The zero-order valence-electron chi connectivity index (χ0n) is 22.0. The van der Waals surface area contributed by atoms with E-state index in [9.17, 15) is 14.4 Å². The largest absolute Gasteiger partial charge is 0.444 e. The Labute approximate surface area is 205 Å². The van der Waals surface area contributed by atoms with E-state index in [-0.39, 0.29) is 17.9 Å². The number of nitrogens with zero attached hydrogens (tertiary/aromatic N) is 1. The van der Waals surface area contributed by atoms with Crippen LogP contribution in [0.15, 0.2) is 18.2 Å². The number of carbonyl (C=O) groups is 3. The molecule has 1 aromatic carbocycles. The zero-order chi connectivity index (χ0) is 25.5. The second-order valence-electron chi connectivity index (χ2n) is 10.5. The first kappa shape index (κ1) is 27.7. The number of nitrogens with one attached hydrogen (secondary N) is 2. The van der Waals surface area contributed by atoms with Crippen molar-refractivity contribution in [3.05, 3.63) is 34.9 Å². The molecule has 2 atom stereocenters. The summed E-state index contributed by atoms with van der Waals surface area (Å²) in [7, 11) is 0. The first-order chi connectivity index (χ1) is 15.9. The van der Waals surface area contributed by atoms with E-state index in [0.29, 0.717) is 6.54 Å². The lowest BCUT2D eigenvalue weighted by atomic mass is 9.87. The Morgan fingerprint density at radius 3 is 2.21 bits per heavy atom. The first-order valence-electron chi connectivity index (χ1n) is 12.6. The second-order valence-corrected chi connectivity index (χ2v) is 10.5. The quantitative estimate of drug-likeness (QED) is 0.471. The molecule has 7 nitrogen and oxygen atoms in total. The zero-order valence-corrected chi connectivity index (χ0v) is 22.0. The number of benzene rings is 1. The molecule has 0 aliphatic heterocycles. The van der Waals surface area contributed by atoms with Crippen molar-refractivity contribution in [1.29, 1.82) is 0 Å². The fourth-order valence-electron chi connectivity index (χ4n) is 4.24. The van der Waals surface area contributed by atoms with E-state index in [4.69, 9.17) is 4.74 Å². The summed E-state index contributed by atoms with van der Waals surface area (Å²) in [4.78, 5) is 41.3. The average molecular weight is 474 g/mol. The van der Waals surface area contributed by atoms with E-state index in [1.165, 1.54) is 0 Å². The predicted molar refractivity (Wildman–Crippen MR) is 135 cm³/mol. The maximum Gasteiger partial charge on any atom is 0.408 e. The number of rotatable bonds is 10. The van der Waals surface area contributed by atoms with E-state index in [1.54, 1.807) is 32.6 Å².